The van der Waals surface area contributed by atoms with Gasteiger partial charge in [-0.15, -0.1) is 0 Å². The van der Waals surface area contributed by atoms with Gasteiger partial charge in [0.15, 0.2) is 0 Å². The van der Waals surface area contributed by atoms with E-state index < -0.39 is 10.1 Å². The molecule has 0 atom stereocenters. The van der Waals surface area contributed by atoms with Crippen molar-refractivity contribution in [3.63, 3.8) is 0 Å². The van der Waals surface area contributed by atoms with Crippen LogP contribution < -0.4 is 0 Å². The predicted octanol–water partition coefficient (Wildman–Crippen LogP) is 2.31. The molecule has 2 N–H and O–H groups in total. The van der Waals surface area contributed by atoms with Crippen molar-refractivity contribution in [2.24, 2.45) is 0 Å². The van der Waals surface area contributed by atoms with Crippen LogP contribution in [-0.2, 0) is 10.1 Å². The SMILES string of the molecule is O=S(=O)(O)c1cc(O)ccc1-c1ccccc1. The van der Waals surface area contributed by atoms with Crippen LogP contribution in [0.5, 0.6) is 5.75 Å². The zero-order chi connectivity index (χ0) is 12.5. The smallest absolute Gasteiger partial charge is 0.295 e. The summed E-state index contributed by atoms with van der Waals surface area (Å²) in [7, 11) is -4.36. The summed E-state index contributed by atoms with van der Waals surface area (Å²) in [5.74, 6) is -0.211. The Morgan fingerprint density at radius 2 is 1.59 bits per heavy atom. The first-order chi connectivity index (χ1) is 7.98. The first-order valence-electron chi connectivity index (χ1n) is 4.84. The summed E-state index contributed by atoms with van der Waals surface area (Å²) in [6, 6.07) is 12.6. The lowest BCUT2D eigenvalue weighted by Crippen LogP contribution is -2.00. The molecule has 5 heteroatoms. The molecule has 0 saturated carbocycles. The number of phenolic OH excluding ortho intramolecular Hbond substituents is 1. The molecular weight excluding hydrogens is 240 g/mol. The van der Waals surface area contributed by atoms with Crippen molar-refractivity contribution in [3.8, 4) is 16.9 Å². The minimum absolute atomic E-state index is 0.211. The van der Waals surface area contributed by atoms with Crippen molar-refractivity contribution < 1.29 is 18.1 Å². The van der Waals surface area contributed by atoms with E-state index in [0.717, 1.165) is 6.07 Å². The first-order valence-corrected chi connectivity index (χ1v) is 6.28. The molecule has 0 bridgehead atoms. The topological polar surface area (TPSA) is 74.6 Å². The Labute approximate surface area is 98.9 Å². The summed E-state index contributed by atoms with van der Waals surface area (Å²) in [5.41, 5.74) is 1.01. The Morgan fingerprint density at radius 3 is 2.18 bits per heavy atom. The molecular formula is C12H10O4S. The van der Waals surface area contributed by atoms with E-state index in [9.17, 15) is 13.5 Å². The maximum absolute atomic E-state index is 11.2. The maximum atomic E-state index is 11.2. The summed E-state index contributed by atoms with van der Waals surface area (Å²) in [4.78, 5) is -0.302. The van der Waals surface area contributed by atoms with Gasteiger partial charge < -0.3 is 5.11 Å². The highest BCUT2D eigenvalue weighted by molar-refractivity contribution is 7.86. The Morgan fingerprint density at radius 1 is 0.941 bits per heavy atom. The lowest BCUT2D eigenvalue weighted by molar-refractivity contribution is 0.466. The largest absolute Gasteiger partial charge is 0.508 e. The second-order valence-electron chi connectivity index (χ2n) is 3.52. The monoisotopic (exact) mass is 250 g/mol. The molecule has 0 spiro atoms. The molecule has 88 valence electrons. The van der Waals surface area contributed by atoms with Crippen LogP contribution in [0, 0.1) is 0 Å². The van der Waals surface area contributed by atoms with Crippen LogP contribution in [-0.4, -0.2) is 18.1 Å². The van der Waals surface area contributed by atoms with Crippen LogP contribution >= 0.6 is 0 Å². The van der Waals surface area contributed by atoms with E-state index in [-0.39, 0.29) is 10.6 Å². The van der Waals surface area contributed by atoms with Gasteiger partial charge >= 0.3 is 0 Å². The standard InChI is InChI=1S/C12H10O4S/c13-10-6-7-11(9-4-2-1-3-5-9)12(8-10)17(14,15)16/h1-8,13H,(H,14,15,16). The van der Waals surface area contributed by atoms with Gasteiger partial charge in [-0.2, -0.15) is 8.42 Å². The van der Waals surface area contributed by atoms with Crippen molar-refractivity contribution in [2.45, 2.75) is 4.90 Å². The van der Waals surface area contributed by atoms with Gasteiger partial charge in [-0.05, 0) is 17.7 Å². The number of rotatable bonds is 2. The molecule has 0 saturated heterocycles. The fourth-order valence-corrected chi connectivity index (χ4v) is 2.31. The second-order valence-corrected chi connectivity index (χ2v) is 4.91. The molecule has 0 aromatic heterocycles. The Hall–Kier alpha value is -1.85. The summed E-state index contributed by atoms with van der Waals surface area (Å²) < 4.78 is 31.6. The molecule has 2 aromatic carbocycles. The zero-order valence-electron chi connectivity index (χ0n) is 8.74. The van der Waals surface area contributed by atoms with E-state index in [1.54, 1.807) is 30.3 Å². The molecule has 0 radical (unpaired) electrons. The molecule has 2 rings (SSSR count). The second kappa shape index (κ2) is 4.20. The number of phenols is 1. The van der Waals surface area contributed by atoms with Crippen molar-refractivity contribution in [2.75, 3.05) is 0 Å². The van der Waals surface area contributed by atoms with Gasteiger partial charge in [0.25, 0.3) is 10.1 Å². The molecule has 0 aliphatic carbocycles. The molecule has 2 aromatic rings. The molecule has 4 nitrogen and oxygen atoms in total. The minimum atomic E-state index is -4.36. The average molecular weight is 250 g/mol. The predicted molar refractivity (Wildman–Crippen MR) is 63.4 cm³/mol. The lowest BCUT2D eigenvalue weighted by atomic mass is 10.1. The van der Waals surface area contributed by atoms with E-state index in [1.165, 1.54) is 12.1 Å². The third-order valence-corrected chi connectivity index (χ3v) is 3.22. The number of hydrogen-bond donors (Lipinski definition) is 2. The number of hydrogen-bond acceptors (Lipinski definition) is 3. The summed E-state index contributed by atoms with van der Waals surface area (Å²) in [5, 5.41) is 9.27. The Bertz CT molecular complexity index is 633. The van der Waals surface area contributed by atoms with Gasteiger partial charge in [0, 0.05) is 11.6 Å². The molecule has 0 aliphatic heterocycles. The molecule has 0 amide bonds. The van der Waals surface area contributed by atoms with Gasteiger partial charge in [0.2, 0.25) is 0 Å². The molecule has 0 unspecified atom stereocenters. The third kappa shape index (κ3) is 2.46. The normalized spacial score (nSPS) is 11.4. The van der Waals surface area contributed by atoms with Crippen molar-refractivity contribution >= 4 is 10.1 Å². The summed E-state index contributed by atoms with van der Waals surface area (Å²) >= 11 is 0. The highest BCUT2D eigenvalue weighted by Crippen LogP contribution is 2.29. The van der Waals surface area contributed by atoms with Gasteiger partial charge in [-0.1, -0.05) is 30.3 Å². The van der Waals surface area contributed by atoms with Crippen molar-refractivity contribution in [1.29, 1.82) is 0 Å². The van der Waals surface area contributed by atoms with E-state index in [2.05, 4.69) is 0 Å². The Balaban J connectivity index is 2.71. The molecule has 0 fully saturated rings. The number of aromatic hydroxyl groups is 1. The van der Waals surface area contributed by atoms with Gasteiger partial charge in [0.05, 0.1) is 0 Å². The van der Waals surface area contributed by atoms with Crippen LogP contribution in [0.25, 0.3) is 11.1 Å². The van der Waals surface area contributed by atoms with Crippen LogP contribution in [0.15, 0.2) is 53.4 Å². The zero-order valence-corrected chi connectivity index (χ0v) is 9.55. The minimum Gasteiger partial charge on any atom is -0.508 e. The van der Waals surface area contributed by atoms with Crippen molar-refractivity contribution in [3.05, 3.63) is 48.5 Å². The highest BCUT2D eigenvalue weighted by atomic mass is 32.2. The quantitative estimate of drug-likeness (QED) is 0.802. The fourth-order valence-electron chi connectivity index (χ4n) is 1.58. The van der Waals surface area contributed by atoms with Crippen LogP contribution in [0.1, 0.15) is 0 Å². The van der Waals surface area contributed by atoms with E-state index in [1.807, 2.05) is 0 Å². The fraction of sp³-hybridized carbons (Fsp3) is 0. The van der Waals surface area contributed by atoms with Gasteiger partial charge in [-0.25, -0.2) is 0 Å². The molecule has 0 aliphatic rings. The first kappa shape index (κ1) is 11.6. The molecule has 17 heavy (non-hydrogen) atoms. The van der Waals surface area contributed by atoms with E-state index in [0.29, 0.717) is 11.1 Å². The number of benzene rings is 2. The van der Waals surface area contributed by atoms with E-state index in [4.69, 9.17) is 4.55 Å². The van der Waals surface area contributed by atoms with Crippen LogP contribution in [0.3, 0.4) is 0 Å². The van der Waals surface area contributed by atoms with E-state index >= 15 is 0 Å². The van der Waals surface area contributed by atoms with Gasteiger partial charge in [-0.3, -0.25) is 4.55 Å². The lowest BCUT2D eigenvalue weighted by Gasteiger charge is -2.07. The summed E-state index contributed by atoms with van der Waals surface area (Å²) in [6.45, 7) is 0. The Kier molecular flexibility index (Phi) is 2.87. The maximum Gasteiger partial charge on any atom is 0.295 e. The molecule has 0 heterocycles. The summed E-state index contributed by atoms with van der Waals surface area (Å²) in [6.07, 6.45) is 0. The third-order valence-electron chi connectivity index (χ3n) is 2.33. The average Bonchev–Trinajstić information content (AvgIpc) is 2.29. The van der Waals surface area contributed by atoms with Crippen LogP contribution in [0.2, 0.25) is 0 Å². The highest BCUT2D eigenvalue weighted by Gasteiger charge is 2.17. The van der Waals surface area contributed by atoms with Crippen LogP contribution in [0.4, 0.5) is 0 Å². The van der Waals surface area contributed by atoms with Crippen molar-refractivity contribution in [1.82, 2.24) is 0 Å². The van der Waals surface area contributed by atoms with Gasteiger partial charge in [0.1, 0.15) is 10.6 Å².